The lowest BCUT2D eigenvalue weighted by atomic mass is 10.1. The van der Waals surface area contributed by atoms with Gasteiger partial charge in [0.05, 0.1) is 32.5 Å². The van der Waals surface area contributed by atoms with E-state index in [9.17, 15) is 14.7 Å². The number of methoxy groups -OCH3 is 1. The summed E-state index contributed by atoms with van der Waals surface area (Å²) < 4.78 is 21.9. The Hall–Kier alpha value is -2.94. The fraction of sp³-hybridized carbons (Fsp3) is 0.440. The molecule has 182 valence electrons. The Morgan fingerprint density at radius 2 is 1.76 bits per heavy atom. The van der Waals surface area contributed by atoms with Crippen LogP contribution in [0.5, 0.6) is 5.75 Å². The van der Waals surface area contributed by atoms with Crippen LogP contribution in [-0.4, -0.2) is 60.3 Å². The third-order valence-electron chi connectivity index (χ3n) is 4.54. The van der Waals surface area contributed by atoms with E-state index in [0.29, 0.717) is 19.4 Å². The summed E-state index contributed by atoms with van der Waals surface area (Å²) in [4.78, 5) is 23.1. The largest absolute Gasteiger partial charge is 0.497 e. The highest BCUT2D eigenvalue weighted by atomic mass is 16.6. The standard InChI is InChI=1S/C25H34O8/c1-5-16-31-23(13-14-24(27)28)19(3)33-25(29)15-12-22(9-6-18(2)26)32-17-20-7-10-21(30-4)11-8-20/h5,7-8,10-15,18-19,22-23,26H,1,6,9,16-17H2,2-4H3,(H,27,28)/b14-13+,15-12+/t18-,19-,22+,23+/m1/s1. The zero-order chi connectivity index (χ0) is 24.6. The van der Waals surface area contributed by atoms with Crippen molar-refractivity contribution in [2.75, 3.05) is 13.7 Å². The van der Waals surface area contributed by atoms with Crippen molar-refractivity contribution in [3.05, 3.63) is 66.8 Å². The molecule has 8 nitrogen and oxygen atoms in total. The first-order valence-corrected chi connectivity index (χ1v) is 10.7. The number of hydrogen-bond acceptors (Lipinski definition) is 7. The monoisotopic (exact) mass is 462 g/mol. The van der Waals surface area contributed by atoms with Gasteiger partial charge in [0.25, 0.3) is 0 Å². The normalized spacial score (nSPS) is 15.2. The summed E-state index contributed by atoms with van der Waals surface area (Å²) in [6.45, 7) is 7.34. The van der Waals surface area contributed by atoms with Gasteiger partial charge in [0, 0.05) is 12.2 Å². The van der Waals surface area contributed by atoms with Crippen LogP contribution >= 0.6 is 0 Å². The van der Waals surface area contributed by atoms with E-state index in [2.05, 4.69) is 6.58 Å². The molecule has 0 aliphatic rings. The van der Waals surface area contributed by atoms with Gasteiger partial charge in [-0.05, 0) is 56.5 Å². The maximum atomic E-state index is 12.3. The SMILES string of the molecule is C=CCO[C@@H](/C=C/C(=O)O)[C@@H](C)OC(=O)/C=C/[C@H](CC[C@@H](C)O)OCc1ccc(OC)cc1. The van der Waals surface area contributed by atoms with E-state index in [1.807, 2.05) is 24.3 Å². The lowest BCUT2D eigenvalue weighted by Gasteiger charge is -2.21. The number of aliphatic carboxylic acids is 1. The Bertz CT molecular complexity index is 782. The van der Waals surface area contributed by atoms with Gasteiger partial charge in [-0.3, -0.25) is 0 Å². The van der Waals surface area contributed by atoms with Gasteiger partial charge in [-0.2, -0.15) is 0 Å². The van der Waals surface area contributed by atoms with Crippen LogP contribution in [0, 0.1) is 0 Å². The van der Waals surface area contributed by atoms with Crippen molar-refractivity contribution in [3.63, 3.8) is 0 Å². The highest BCUT2D eigenvalue weighted by Gasteiger charge is 2.19. The second-order valence-corrected chi connectivity index (χ2v) is 7.41. The molecule has 0 aromatic heterocycles. The number of rotatable bonds is 16. The molecule has 1 aromatic rings. The molecule has 0 radical (unpaired) electrons. The molecular weight excluding hydrogens is 428 g/mol. The van der Waals surface area contributed by atoms with Crippen molar-refractivity contribution in [3.8, 4) is 5.75 Å². The van der Waals surface area contributed by atoms with Crippen molar-refractivity contribution in [2.45, 2.75) is 57.7 Å². The van der Waals surface area contributed by atoms with Crippen LogP contribution in [0.1, 0.15) is 32.3 Å². The zero-order valence-corrected chi connectivity index (χ0v) is 19.4. The molecule has 8 heteroatoms. The van der Waals surface area contributed by atoms with Crippen LogP contribution in [0.2, 0.25) is 0 Å². The molecule has 0 spiro atoms. The predicted molar refractivity (Wildman–Crippen MR) is 124 cm³/mol. The lowest BCUT2D eigenvalue weighted by Crippen LogP contribution is -2.29. The Kier molecular flexibility index (Phi) is 13.4. The van der Waals surface area contributed by atoms with Gasteiger partial charge in [0.2, 0.25) is 0 Å². The average molecular weight is 463 g/mol. The number of hydrogen-bond donors (Lipinski definition) is 2. The minimum absolute atomic E-state index is 0.174. The third-order valence-corrected chi connectivity index (χ3v) is 4.54. The van der Waals surface area contributed by atoms with E-state index in [-0.39, 0.29) is 6.61 Å². The Labute approximate surface area is 195 Å². The third kappa shape index (κ3) is 12.6. The molecule has 1 aromatic carbocycles. The molecule has 0 aliphatic heterocycles. The van der Waals surface area contributed by atoms with E-state index in [4.69, 9.17) is 24.1 Å². The fourth-order valence-corrected chi connectivity index (χ4v) is 2.74. The Morgan fingerprint density at radius 3 is 2.33 bits per heavy atom. The predicted octanol–water partition coefficient (Wildman–Crippen LogP) is 3.44. The second kappa shape index (κ2) is 15.8. The quantitative estimate of drug-likeness (QED) is 0.218. The highest BCUT2D eigenvalue weighted by molar-refractivity contribution is 5.82. The van der Waals surface area contributed by atoms with Crippen LogP contribution in [0.25, 0.3) is 0 Å². The van der Waals surface area contributed by atoms with Gasteiger partial charge >= 0.3 is 11.9 Å². The molecule has 0 bridgehead atoms. The molecule has 2 N–H and O–H groups in total. The molecule has 0 saturated carbocycles. The van der Waals surface area contributed by atoms with Crippen LogP contribution in [0.15, 0.2) is 61.2 Å². The van der Waals surface area contributed by atoms with Crippen LogP contribution in [0.4, 0.5) is 0 Å². The number of aliphatic hydroxyl groups excluding tert-OH is 1. The molecule has 0 aliphatic carbocycles. The molecule has 4 atom stereocenters. The van der Waals surface area contributed by atoms with E-state index in [1.165, 1.54) is 18.2 Å². The average Bonchev–Trinajstić information content (AvgIpc) is 2.78. The summed E-state index contributed by atoms with van der Waals surface area (Å²) in [6.07, 6.45) is 5.26. The second-order valence-electron chi connectivity index (χ2n) is 7.41. The number of carbonyl (C=O) groups excluding carboxylic acids is 1. The van der Waals surface area contributed by atoms with Gasteiger partial charge in [-0.1, -0.05) is 18.2 Å². The first-order chi connectivity index (χ1) is 15.7. The summed E-state index contributed by atoms with van der Waals surface area (Å²) in [5.74, 6) is -1.00. The Morgan fingerprint density at radius 1 is 1.06 bits per heavy atom. The molecule has 0 unspecified atom stereocenters. The minimum atomic E-state index is -1.13. The highest BCUT2D eigenvalue weighted by Crippen LogP contribution is 2.15. The van der Waals surface area contributed by atoms with E-state index >= 15 is 0 Å². The Balaban J connectivity index is 2.73. The first kappa shape index (κ1) is 28.1. The summed E-state index contributed by atoms with van der Waals surface area (Å²) in [5, 5.41) is 18.4. The van der Waals surface area contributed by atoms with Crippen LogP contribution in [-0.2, 0) is 30.4 Å². The van der Waals surface area contributed by atoms with Gasteiger partial charge < -0.3 is 29.2 Å². The minimum Gasteiger partial charge on any atom is -0.497 e. The summed E-state index contributed by atoms with van der Waals surface area (Å²) in [7, 11) is 1.60. The van der Waals surface area contributed by atoms with E-state index in [0.717, 1.165) is 17.4 Å². The summed E-state index contributed by atoms with van der Waals surface area (Å²) in [6, 6.07) is 7.44. The van der Waals surface area contributed by atoms with Crippen molar-refractivity contribution in [1.82, 2.24) is 0 Å². The number of carboxylic acid groups (broad SMARTS) is 1. The van der Waals surface area contributed by atoms with Gasteiger partial charge in [-0.25, -0.2) is 9.59 Å². The molecule has 0 amide bonds. The smallest absolute Gasteiger partial charge is 0.330 e. The molecule has 0 heterocycles. The number of esters is 1. The zero-order valence-electron chi connectivity index (χ0n) is 19.4. The lowest BCUT2D eigenvalue weighted by molar-refractivity contribution is -0.147. The number of benzene rings is 1. The summed E-state index contributed by atoms with van der Waals surface area (Å²) >= 11 is 0. The van der Waals surface area contributed by atoms with Crippen LogP contribution < -0.4 is 4.74 Å². The van der Waals surface area contributed by atoms with Crippen molar-refractivity contribution in [2.24, 2.45) is 0 Å². The maximum absolute atomic E-state index is 12.3. The molecule has 33 heavy (non-hydrogen) atoms. The van der Waals surface area contributed by atoms with Crippen LogP contribution in [0.3, 0.4) is 0 Å². The summed E-state index contributed by atoms with van der Waals surface area (Å²) in [5.41, 5.74) is 0.940. The van der Waals surface area contributed by atoms with Crippen molar-refractivity contribution >= 4 is 11.9 Å². The van der Waals surface area contributed by atoms with Gasteiger partial charge in [0.15, 0.2) is 0 Å². The molecule has 1 rings (SSSR count). The molecule has 0 fully saturated rings. The number of carboxylic acids is 1. The van der Waals surface area contributed by atoms with E-state index < -0.39 is 36.4 Å². The van der Waals surface area contributed by atoms with E-state index in [1.54, 1.807) is 27.0 Å². The number of carbonyl (C=O) groups is 2. The van der Waals surface area contributed by atoms with Crippen molar-refractivity contribution in [1.29, 1.82) is 0 Å². The van der Waals surface area contributed by atoms with Crippen molar-refractivity contribution < 1.29 is 38.7 Å². The molecule has 0 saturated heterocycles. The first-order valence-electron chi connectivity index (χ1n) is 10.7. The number of ether oxygens (including phenoxy) is 4. The molecular formula is C25H34O8. The topological polar surface area (TPSA) is 112 Å². The number of aliphatic hydroxyl groups is 1. The van der Waals surface area contributed by atoms with Gasteiger partial charge in [0.1, 0.15) is 18.0 Å². The fourth-order valence-electron chi connectivity index (χ4n) is 2.74. The maximum Gasteiger partial charge on any atom is 0.330 e. The van der Waals surface area contributed by atoms with Gasteiger partial charge in [-0.15, -0.1) is 6.58 Å².